The molecule has 0 saturated carbocycles. The van der Waals surface area contributed by atoms with E-state index in [1.807, 2.05) is 36.4 Å². The molecule has 0 spiro atoms. The van der Waals surface area contributed by atoms with Gasteiger partial charge in [-0.25, -0.2) is 4.39 Å². The van der Waals surface area contributed by atoms with Crippen molar-refractivity contribution in [2.24, 2.45) is 0 Å². The molecule has 0 aromatic heterocycles. The van der Waals surface area contributed by atoms with Crippen molar-refractivity contribution in [2.45, 2.75) is 13.0 Å². The zero-order valence-corrected chi connectivity index (χ0v) is 12.7. The molecule has 0 bridgehead atoms. The van der Waals surface area contributed by atoms with E-state index < -0.39 is 0 Å². The van der Waals surface area contributed by atoms with Crippen LogP contribution in [0.25, 0.3) is 0 Å². The van der Waals surface area contributed by atoms with Crippen LogP contribution in [0.2, 0.25) is 0 Å². The predicted octanol–water partition coefficient (Wildman–Crippen LogP) is 4.15. The topological polar surface area (TPSA) is 21.3 Å². The monoisotopic (exact) mass is 337 g/mol. The summed E-state index contributed by atoms with van der Waals surface area (Å²) in [5, 5.41) is 3.27. The molecule has 0 saturated heterocycles. The van der Waals surface area contributed by atoms with Crippen LogP contribution in [-0.4, -0.2) is 13.2 Å². The number of nitrogens with one attached hydrogen (secondary N) is 1. The SMILES string of the molecule is Fc1cc(Br)cc(CNCCCOc2ccccc2)c1. The summed E-state index contributed by atoms with van der Waals surface area (Å²) in [5.41, 5.74) is 0.931. The summed E-state index contributed by atoms with van der Waals surface area (Å²) < 4.78 is 19.5. The second-order valence-corrected chi connectivity index (χ2v) is 5.39. The lowest BCUT2D eigenvalue weighted by Crippen LogP contribution is -2.17. The second kappa shape index (κ2) is 8.02. The number of hydrogen-bond donors (Lipinski definition) is 1. The lowest BCUT2D eigenvalue weighted by atomic mass is 10.2. The van der Waals surface area contributed by atoms with Crippen molar-refractivity contribution in [3.8, 4) is 5.75 Å². The lowest BCUT2D eigenvalue weighted by Gasteiger charge is -2.07. The third-order valence-corrected chi connectivity index (χ3v) is 3.22. The molecule has 0 amide bonds. The number of halogens is 2. The van der Waals surface area contributed by atoms with Crippen LogP contribution in [0.4, 0.5) is 4.39 Å². The summed E-state index contributed by atoms with van der Waals surface area (Å²) in [6.07, 6.45) is 0.908. The molecule has 0 radical (unpaired) electrons. The molecule has 2 nitrogen and oxygen atoms in total. The van der Waals surface area contributed by atoms with Crippen molar-refractivity contribution < 1.29 is 9.13 Å². The van der Waals surface area contributed by atoms with Crippen molar-refractivity contribution in [1.29, 1.82) is 0 Å². The largest absolute Gasteiger partial charge is 0.494 e. The maximum Gasteiger partial charge on any atom is 0.124 e. The van der Waals surface area contributed by atoms with Crippen LogP contribution in [0.3, 0.4) is 0 Å². The predicted molar refractivity (Wildman–Crippen MR) is 82.4 cm³/mol. The number of hydrogen-bond acceptors (Lipinski definition) is 2. The number of ether oxygens (including phenoxy) is 1. The smallest absolute Gasteiger partial charge is 0.124 e. The summed E-state index contributed by atoms with van der Waals surface area (Å²) in [7, 11) is 0. The summed E-state index contributed by atoms with van der Waals surface area (Å²) >= 11 is 3.28. The number of rotatable bonds is 7. The average molecular weight is 338 g/mol. The van der Waals surface area contributed by atoms with E-state index >= 15 is 0 Å². The fourth-order valence-electron chi connectivity index (χ4n) is 1.85. The Hall–Kier alpha value is -1.39. The van der Waals surface area contributed by atoms with Crippen molar-refractivity contribution in [2.75, 3.05) is 13.2 Å². The minimum Gasteiger partial charge on any atom is -0.494 e. The van der Waals surface area contributed by atoms with E-state index in [1.165, 1.54) is 12.1 Å². The van der Waals surface area contributed by atoms with Gasteiger partial charge in [0, 0.05) is 11.0 Å². The fraction of sp³-hybridized carbons (Fsp3) is 0.250. The Labute approximate surface area is 127 Å². The van der Waals surface area contributed by atoms with Crippen molar-refractivity contribution in [1.82, 2.24) is 5.32 Å². The van der Waals surface area contributed by atoms with Crippen LogP contribution in [0.15, 0.2) is 53.0 Å². The Bertz CT molecular complexity index is 513. The molecule has 0 aliphatic carbocycles. The normalized spacial score (nSPS) is 10.5. The van der Waals surface area contributed by atoms with E-state index in [0.717, 1.165) is 28.8 Å². The highest BCUT2D eigenvalue weighted by molar-refractivity contribution is 9.10. The molecule has 2 rings (SSSR count). The summed E-state index contributed by atoms with van der Waals surface area (Å²) in [6.45, 7) is 2.16. The van der Waals surface area contributed by atoms with Gasteiger partial charge in [0.2, 0.25) is 0 Å². The van der Waals surface area contributed by atoms with Gasteiger partial charge in [0.1, 0.15) is 11.6 Å². The molecule has 0 heterocycles. The molecule has 2 aromatic rings. The quantitative estimate of drug-likeness (QED) is 0.766. The number of para-hydroxylation sites is 1. The van der Waals surface area contributed by atoms with Crippen molar-refractivity contribution >= 4 is 15.9 Å². The van der Waals surface area contributed by atoms with Gasteiger partial charge in [-0.05, 0) is 48.9 Å². The molecule has 0 unspecified atom stereocenters. The number of benzene rings is 2. The van der Waals surface area contributed by atoms with Gasteiger partial charge in [0.25, 0.3) is 0 Å². The highest BCUT2D eigenvalue weighted by Crippen LogP contribution is 2.14. The van der Waals surface area contributed by atoms with Gasteiger partial charge in [0.15, 0.2) is 0 Å². The Morgan fingerprint density at radius 3 is 2.65 bits per heavy atom. The highest BCUT2D eigenvalue weighted by atomic mass is 79.9. The van der Waals surface area contributed by atoms with E-state index in [4.69, 9.17) is 4.74 Å². The van der Waals surface area contributed by atoms with Gasteiger partial charge in [-0.3, -0.25) is 0 Å². The van der Waals surface area contributed by atoms with Gasteiger partial charge in [0.05, 0.1) is 6.61 Å². The first-order valence-electron chi connectivity index (χ1n) is 6.57. The maximum atomic E-state index is 13.2. The summed E-state index contributed by atoms with van der Waals surface area (Å²) in [5.74, 6) is 0.671. The molecule has 106 valence electrons. The zero-order chi connectivity index (χ0) is 14.2. The Morgan fingerprint density at radius 1 is 1.10 bits per heavy atom. The van der Waals surface area contributed by atoms with E-state index in [2.05, 4.69) is 21.2 Å². The molecule has 2 aromatic carbocycles. The van der Waals surface area contributed by atoms with E-state index in [0.29, 0.717) is 13.2 Å². The third-order valence-electron chi connectivity index (χ3n) is 2.76. The van der Waals surface area contributed by atoms with Crippen molar-refractivity contribution in [3.05, 3.63) is 64.4 Å². The minimum absolute atomic E-state index is 0.219. The third kappa shape index (κ3) is 5.31. The van der Waals surface area contributed by atoms with Gasteiger partial charge in [-0.2, -0.15) is 0 Å². The first kappa shape index (κ1) is 15.0. The zero-order valence-electron chi connectivity index (χ0n) is 11.1. The summed E-state index contributed by atoms with van der Waals surface area (Å²) in [6, 6.07) is 14.7. The van der Waals surface area contributed by atoms with Gasteiger partial charge >= 0.3 is 0 Å². The maximum absolute atomic E-state index is 13.2. The molecule has 1 N–H and O–H groups in total. The van der Waals surface area contributed by atoms with Crippen molar-refractivity contribution in [3.63, 3.8) is 0 Å². The van der Waals surface area contributed by atoms with Gasteiger partial charge in [-0.15, -0.1) is 0 Å². The second-order valence-electron chi connectivity index (χ2n) is 4.47. The van der Waals surface area contributed by atoms with Crippen LogP contribution < -0.4 is 10.1 Å². The van der Waals surface area contributed by atoms with Crippen LogP contribution in [0, 0.1) is 5.82 Å². The Kier molecular flexibility index (Phi) is 6.02. The standard InChI is InChI=1S/C16H17BrFNO/c17-14-9-13(10-15(18)11-14)12-19-7-4-8-20-16-5-2-1-3-6-16/h1-3,5-6,9-11,19H,4,7-8,12H2. The molecule has 0 aliphatic heterocycles. The highest BCUT2D eigenvalue weighted by Gasteiger charge is 1.99. The van der Waals surface area contributed by atoms with Crippen LogP contribution in [0.5, 0.6) is 5.75 Å². The fourth-order valence-corrected chi connectivity index (χ4v) is 2.36. The van der Waals surface area contributed by atoms with Crippen LogP contribution >= 0.6 is 15.9 Å². The first-order valence-corrected chi connectivity index (χ1v) is 7.37. The first-order chi connectivity index (χ1) is 9.74. The molecule has 0 atom stereocenters. The lowest BCUT2D eigenvalue weighted by molar-refractivity contribution is 0.308. The summed E-state index contributed by atoms with van der Waals surface area (Å²) in [4.78, 5) is 0. The van der Waals surface area contributed by atoms with E-state index in [9.17, 15) is 4.39 Å². The Balaban J connectivity index is 1.62. The van der Waals surface area contributed by atoms with Gasteiger partial charge in [-0.1, -0.05) is 34.1 Å². The average Bonchev–Trinajstić information content (AvgIpc) is 2.43. The van der Waals surface area contributed by atoms with E-state index in [1.54, 1.807) is 0 Å². The van der Waals surface area contributed by atoms with E-state index in [-0.39, 0.29) is 5.82 Å². The van der Waals surface area contributed by atoms with Gasteiger partial charge < -0.3 is 10.1 Å². The molecule has 0 aliphatic rings. The Morgan fingerprint density at radius 2 is 1.90 bits per heavy atom. The van der Waals surface area contributed by atoms with Crippen LogP contribution in [0.1, 0.15) is 12.0 Å². The molecular weight excluding hydrogens is 321 g/mol. The molecule has 4 heteroatoms. The minimum atomic E-state index is -0.219. The molecule has 0 fully saturated rings. The molecule has 20 heavy (non-hydrogen) atoms. The molecular formula is C16H17BrFNO. The van der Waals surface area contributed by atoms with Crippen LogP contribution in [-0.2, 0) is 6.54 Å².